The molecule has 0 saturated heterocycles. The van der Waals surface area contributed by atoms with Crippen LogP contribution in [0.3, 0.4) is 0 Å². The molecule has 14 heavy (non-hydrogen) atoms. The van der Waals surface area contributed by atoms with Crippen molar-refractivity contribution >= 4 is 0 Å². The number of hydrogen-bond donors (Lipinski definition) is 1. The summed E-state index contributed by atoms with van der Waals surface area (Å²) in [6.45, 7) is 4.62. The van der Waals surface area contributed by atoms with Gasteiger partial charge >= 0.3 is 0 Å². The van der Waals surface area contributed by atoms with E-state index in [9.17, 15) is 5.11 Å². The largest absolute Gasteiger partial charge is 0.472 e. The maximum Gasteiger partial charge on any atom is 0.0940 e. The summed E-state index contributed by atoms with van der Waals surface area (Å²) in [5, 5.41) is 9.19. The van der Waals surface area contributed by atoms with Crippen molar-refractivity contribution in [3.05, 3.63) is 23.7 Å². The van der Waals surface area contributed by atoms with Gasteiger partial charge in [-0.2, -0.15) is 0 Å². The van der Waals surface area contributed by atoms with Gasteiger partial charge in [0.05, 0.1) is 12.5 Å². The molecule has 2 nitrogen and oxygen atoms in total. The summed E-state index contributed by atoms with van der Waals surface area (Å²) in [6, 6.07) is 0. The summed E-state index contributed by atoms with van der Waals surface area (Å²) in [6.07, 6.45) is 6.12. The smallest absolute Gasteiger partial charge is 0.0940 e. The Balaban J connectivity index is 2.29. The molecule has 3 unspecified atom stereocenters. The van der Waals surface area contributed by atoms with Gasteiger partial charge in [-0.05, 0) is 41.7 Å². The van der Waals surface area contributed by atoms with Gasteiger partial charge in [0.2, 0.25) is 0 Å². The van der Waals surface area contributed by atoms with Crippen molar-refractivity contribution in [1.82, 2.24) is 0 Å². The third kappa shape index (κ3) is 1.48. The molecule has 1 aliphatic rings. The number of aliphatic hydroxyl groups is 1. The van der Waals surface area contributed by atoms with E-state index in [1.165, 1.54) is 24.0 Å². The Labute approximate surface area is 84.9 Å². The first-order valence-electron chi connectivity index (χ1n) is 5.41. The second-order valence-corrected chi connectivity index (χ2v) is 4.53. The van der Waals surface area contributed by atoms with Crippen LogP contribution in [-0.2, 0) is 0 Å². The van der Waals surface area contributed by atoms with E-state index in [-0.39, 0.29) is 6.61 Å². The molecule has 0 spiro atoms. The normalized spacial score (nSPS) is 28.5. The fourth-order valence-electron chi connectivity index (χ4n) is 2.48. The maximum atomic E-state index is 9.19. The van der Waals surface area contributed by atoms with E-state index in [1.54, 1.807) is 0 Å². The average Bonchev–Trinajstić information content (AvgIpc) is 2.67. The molecule has 0 aromatic carbocycles. The van der Waals surface area contributed by atoms with Crippen LogP contribution in [-0.4, -0.2) is 11.7 Å². The molecule has 78 valence electrons. The Hall–Kier alpha value is -0.760. The van der Waals surface area contributed by atoms with Gasteiger partial charge in [-0.15, -0.1) is 0 Å². The number of furan rings is 1. The molecule has 3 atom stereocenters. The lowest BCUT2D eigenvalue weighted by atomic mass is 9.75. The van der Waals surface area contributed by atoms with E-state index in [0.717, 1.165) is 0 Å². The van der Waals surface area contributed by atoms with Gasteiger partial charge in [-0.25, -0.2) is 0 Å². The van der Waals surface area contributed by atoms with Gasteiger partial charge in [-0.3, -0.25) is 0 Å². The van der Waals surface area contributed by atoms with Crippen molar-refractivity contribution in [2.75, 3.05) is 6.61 Å². The fourth-order valence-corrected chi connectivity index (χ4v) is 2.48. The Kier molecular flexibility index (Phi) is 2.64. The summed E-state index contributed by atoms with van der Waals surface area (Å²) >= 11 is 0. The Bertz CT molecular complexity index is 303. The molecule has 0 amide bonds. The van der Waals surface area contributed by atoms with Gasteiger partial charge in [0.1, 0.15) is 0 Å². The molecule has 1 aromatic heterocycles. The Morgan fingerprint density at radius 3 is 2.86 bits per heavy atom. The third-order valence-electron chi connectivity index (χ3n) is 3.54. The Morgan fingerprint density at radius 2 is 2.14 bits per heavy atom. The molecule has 0 bridgehead atoms. The third-order valence-corrected chi connectivity index (χ3v) is 3.54. The Morgan fingerprint density at radius 1 is 1.43 bits per heavy atom. The highest BCUT2D eigenvalue weighted by Crippen LogP contribution is 2.42. The molecule has 0 saturated carbocycles. The number of fused-ring (bicyclic) bond motifs is 1. The monoisotopic (exact) mass is 194 g/mol. The van der Waals surface area contributed by atoms with Crippen LogP contribution in [0.25, 0.3) is 0 Å². The molecular formula is C12H18O2. The van der Waals surface area contributed by atoms with Crippen molar-refractivity contribution in [3.8, 4) is 0 Å². The first-order valence-corrected chi connectivity index (χ1v) is 5.41. The summed E-state index contributed by atoms with van der Waals surface area (Å²) in [4.78, 5) is 0. The highest BCUT2D eigenvalue weighted by atomic mass is 16.3. The van der Waals surface area contributed by atoms with Crippen LogP contribution in [0.15, 0.2) is 16.9 Å². The van der Waals surface area contributed by atoms with Crippen LogP contribution in [0.5, 0.6) is 0 Å². The van der Waals surface area contributed by atoms with Gasteiger partial charge < -0.3 is 9.52 Å². The molecule has 2 heteroatoms. The van der Waals surface area contributed by atoms with Crippen LogP contribution in [0.2, 0.25) is 0 Å². The van der Waals surface area contributed by atoms with E-state index < -0.39 is 0 Å². The molecule has 1 aromatic rings. The molecule has 2 rings (SSSR count). The van der Waals surface area contributed by atoms with Gasteiger partial charge in [0.15, 0.2) is 0 Å². The van der Waals surface area contributed by atoms with E-state index in [1.807, 2.05) is 12.5 Å². The first kappa shape index (κ1) is 9.78. The minimum Gasteiger partial charge on any atom is -0.472 e. The van der Waals surface area contributed by atoms with Crippen molar-refractivity contribution in [2.45, 2.75) is 38.5 Å². The zero-order valence-corrected chi connectivity index (χ0v) is 8.86. The molecule has 0 radical (unpaired) electrons. The quantitative estimate of drug-likeness (QED) is 0.785. The van der Waals surface area contributed by atoms with Crippen molar-refractivity contribution in [2.24, 2.45) is 5.92 Å². The van der Waals surface area contributed by atoms with Gasteiger partial charge in [0, 0.05) is 6.61 Å². The van der Waals surface area contributed by atoms with E-state index in [2.05, 4.69) is 13.8 Å². The van der Waals surface area contributed by atoms with Gasteiger partial charge in [0.25, 0.3) is 0 Å². The number of aliphatic hydroxyl groups excluding tert-OH is 1. The predicted molar refractivity (Wildman–Crippen MR) is 55.3 cm³/mol. The number of rotatable bonds is 2. The fraction of sp³-hybridized carbons (Fsp3) is 0.667. The second kappa shape index (κ2) is 3.77. The summed E-state index contributed by atoms with van der Waals surface area (Å²) in [5.41, 5.74) is 2.67. The molecule has 0 aliphatic heterocycles. The van der Waals surface area contributed by atoms with Crippen molar-refractivity contribution < 1.29 is 9.52 Å². The molecule has 1 aliphatic carbocycles. The lowest BCUT2D eigenvalue weighted by molar-refractivity contribution is 0.206. The molecule has 1 N–H and O–H groups in total. The zero-order valence-electron chi connectivity index (χ0n) is 8.86. The summed E-state index contributed by atoms with van der Waals surface area (Å²) in [5.74, 6) is 1.45. The predicted octanol–water partition coefficient (Wildman–Crippen LogP) is 2.89. The lowest BCUT2D eigenvalue weighted by Crippen LogP contribution is -2.19. The minimum absolute atomic E-state index is 0.268. The van der Waals surface area contributed by atoms with Crippen LogP contribution < -0.4 is 0 Å². The first-order chi connectivity index (χ1) is 6.74. The molecular weight excluding hydrogens is 176 g/mol. The summed E-state index contributed by atoms with van der Waals surface area (Å²) in [7, 11) is 0. The van der Waals surface area contributed by atoms with Crippen LogP contribution in [0.1, 0.15) is 49.7 Å². The average molecular weight is 194 g/mol. The second-order valence-electron chi connectivity index (χ2n) is 4.53. The maximum absolute atomic E-state index is 9.19. The van der Waals surface area contributed by atoms with Crippen molar-refractivity contribution in [3.63, 3.8) is 0 Å². The topological polar surface area (TPSA) is 33.4 Å². The number of hydrogen-bond acceptors (Lipinski definition) is 2. The van der Waals surface area contributed by atoms with Crippen LogP contribution >= 0.6 is 0 Å². The highest BCUT2D eigenvalue weighted by molar-refractivity contribution is 5.31. The van der Waals surface area contributed by atoms with Gasteiger partial charge in [-0.1, -0.05) is 13.8 Å². The minimum atomic E-state index is 0.268. The van der Waals surface area contributed by atoms with Crippen LogP contribution in [0, 0.1) is 5.92 Å². The zero-order chi connectivity index (χ0) is 10.1. The van der Waals surface area contributed by atoms with E-state index >= 15 is 0 Å². The van der Waals surface area contributed by atoms with Crippen LogP contribution in [0.4, 0.5) is 0 Å². The SMILES string of the molecule is CC1CCC(C(C)CO)c2cocc21. The molecule has 1 heterocycles. The van der Waals surface area contributed by atoms with E-state index in [0.29, 0.717) is 17.8 Å². The summed E-state index contributed by atoms with van der Waals surface area (Å²) < 4.78 is 5.28. The van der Waals surface area contributed by atoms with E-state index in [4.69, 9.17) is 4.42 Å². The highest BCUT2D eigenvalue weighted by Gasteiger charge is 2.29. The molecule has 0 fully saturated rings. The lowest BCUT2D eigenvalue weighted by Gasteiger charge is -2.29. The standard InChI is InChI=1S/C12H18O2/c1-8-3-4-10(9(2)5-13)12-7-14-6-11(8)12/h6-10,13H,3-5H2,1-2H3. The van der Waals surface area contributed by atoms with Crippen molar-refractivity contribution in [1.29, 1.82) is 0 Å².